The minimum atomic E-state index is -3.11. The molecule has 2 aliphatic rings. The predicted molar refractivity (Wildman–Crippen MR) is 116 cm³/mol. The molecule has 0 spiro atoms. The van der Waals surface area contributed by atoms with Gasteiger partial charge in [-0.1, -0.05) is 0 Å². The standard InChI is InChI=1S/C21H28F2N4O3S/c1-12-9-16-15(10-14(12)18(28)26-13-5-4-6-24-11-13)27(20(30)21(2,3)31-16)8-7-25-19(29)17(22)23/h9-10,13,17,24H,4-8,11H2,1-3H3,(H,25,29)(H,26,28)/t13-/m1/s1. The van der Waals surface area contributed by atoms with Gasteiger partial charge in [0.25, 0.3) is 11.8 Å². The van der Waals surface area contributed by atoms with Crippen LogP contribution in [0.25, 0.3) is 0 Å². The summed E-state index contributed by atoms with van der Waals surface area (Å²) >= 11 is 1.40. The van der Waals surface area contributed by atoms with Crippen molar-refractivity contribution < 1.29 is 23.2 Å². The van der Waals surface area contributed by atoms with Crippen LogP contribution in [0, 0.1) is 6.92 Å². The molecule has 0 unspecified atom stereocenters. The van der Waals surface area contributed by atoms with E-state index in [1.807, 2.05) is 13.0 Å². The molecular weight excluding hydrogens is 426 g/mol. The summed E-state index contributed by atoms with van der Waals surface area (Å²) in [4.78, 5) is 39.5. The highest BCUT2D eigenvalue weighted by Gasteiger charge is 2.40. The van der Waals surface area contributed by atoms with Crippen LogP contribution < -0.4 is 20.9 Å². The summed E-state index contributed by atoms with van der Waals surface area (Å²) in [5.41, 5.74) is 1.82. The zero-order chi connectivity index (χ0) is 22.8. The van der Waals surface area contributed by atoms with Crippen molar-refractivity contribution in [2.45, 2.75) is 55.7 Å². The summed E-state index contributed by atoms with van der Waals surface area (Å²) in [6.07, 6.45) is -1.21. The summed E-state index contributed by atoms with van der Waals surface area (Å²) in [7, 11) is 0. The van der Waals surface area contributed by atoms with E-state index in [-0.39, 0.29) is 30.9 Å². The van der Waals surface area contributed by atoms with Crippen LogP contribution in [0.4, 0.5) is 14.5 Å². The van der Waals surface area contributed by atoms with Gasteiger partial charge < -0.3 is 20.9 Å². The fraction of sp³-hybridized carbons (Fsp3) is 0.571. The Morgan fingerprint density at radius 1 is 1.35 bits per heavy atom. The maximum atomic E-state index is 13.0. The Balaban J connectivity index is 1.85. The molecule has 0 aromatic heterocycles. The fourth-order valence-corrected chi connectivity index (χ4v) is 5.05. The number of carbonyl (C=O) groups excluding carboxylic acids is 3. The molecule has 3 N–H and O–H groups in total. The molecule has 0 saturated carbocycles. The number of thioether (sulfide) groups is 1. The first-order chi connectivity index (χ1) is 14.6. The number of benzene rings is 1. The van der Waals surface area contributed by atoms with Crippen molar-refractivity contribution in [2.75, 3.05) is 31.1 Å². The molecule has 1 fully saturated rings. The van der Waals surface area contributed by atoms with Gasteiger partial charge in [-0.3, -0.25) is 14.4 Å². The summed E-state index contributed by atoms with van der Waals surface area (Å²) < 4.78 is 24.2. The zero-order valence-electron chi connectivity index (χ0n) is 17.9. The Morgan fingerprint density at radius 3 is 2.74 bits per heavy atom. The van der Waals surface area contributed by atoms with Crippen LogP contribution in [0.1, 0.15) is 42.6 Å². The van der Waals surface area contributed by atoms with E-state index in [0.29, 0.717) is 17.8 Å². The molecule has 0 bridgehead atoms. The van der Waals surface area contributed by atoms with Crippen molar-refractivity contribution in [3.63, 3.8) is 0 Å². The van der Waals surface area contributed by atoms with Crippen LogP contribution in [0.5, 0.6) is 0 Å². The van der Waals surface area contributed by atoms with Gasteiger partial charge in [0.15, 0.2) is 0 Å². The topological polar surface area (TPSA) is 90.5 Å². The molecular formula is C21H28F2N4O3S. The number of halogens is 2. The van der Waals surface area contributed by atoms with Crippen molar-refractivity contribution in [1.82, 2.24) is 16.0 Å². The Morgan fingerprint density at radius 2 is 2.10 bits per heavy atom. The Bertz CT molecular complexity index is 872. The lowest BCUT2D eigenvalue weighted by atomic mass is 10.0. The van der Waals surface area contributed by atoms with Gasteiger partial charge in [-0.05, 0) is 57.9 Å². The minimum Gasteiger partial charge on any atom is -0.349 e. The van der Waals surface area contributed by atoms with Crippen LogP contribution in [-0.2, 0) is 9.59 Å². The second-order valence-corrected chi connectivity index (χ2v) is 9.98. The number of aryl methyl sites for hydroxylation is 1. The first kappa shape index (κ1) is 23.5. The highest BCUT2D eigenvalue weighted by Crippen LogP contribution is 2.46. The molecule has 7 nitrogen and oxygen atoms in total. The summed E-state index contributed by atoms with van der Waals surface area (Å²) in [5, 5.41) is 8.44. The first-order valence-corrected chi connectivity index (χ1v) is 11.1. The normalized spacial score (nSPS) is 20.4. The molecule has 3 amide bonds. The quantitative estimate of drug-likeness (QED) is 0.612. The number of hydrogen-bond acceptors (Lipinski definition) is 5. The number of amides is 3. The SMILES string of the molecule is Cc1cc2c(cc1C(=O)N[C@@H]1CCCNC1)N(CCNC(=O)C(F)F)C(=O)C(C)(C)S2. The van der Waals surface area contributed by atoms with E-state index < -0.39 is 17.1 Å². The summed E-state index contributed by atoms with van der Waals surface area (Å²) in [6, 6.07) is 3.62. The number of rotatable bonds is 6. The second kappa shape index (κ2) is 9.52. The summed E-state index contributed by atoms with van der Waals surface area (Å²) in [6.45, 7) is 7.01. The van der Waals surface area contributed by atoms with Crippen molar-refractivity contribution in [1.29, 1.82) is 0 Å². The maximum Gasteiger partial charge on any atom is 0.315 e. The third-order valence-corrected chi connectivity index (χ3v) is 6.66. The van der Waals surface area contributed by atoms with Gasteiger partial charge in [0, 0.05) is 36.1 Å². The molecule has 1 aromatic rings. The average molecular weight is 455 g/mol. The fourth-order valence-electron chi connectivity index (χ4n) is 3.79. The predicted octanol–water partition coefficient (Wildman–Crippen LogP) is 2.08. The van der Waals surface area contributed by atoms with E-state index in [9.17, 15) is 23.2 Å². The second-order valence-electron chi connectivity index (χ2n) is 8.31. The third kappa shape index (κ3) is 5.35. The van der Waals surface area contributed by atoms with Crippen LogP contribution in [0.2, 0.25) is 0 Å². The Kier molecular flexibility index (Phi) is 7.20. The highest BCUT2D eigenvalue weighted by molar-refractivity contribution is 8.01. The van der Waals surface area contributed by atoms with Gasteiger partial charge >= 0.3 is 6.43 Å². The molecule has 1 saturated heterocycles. The number of piperidine rings is 1. The molecule has 3 rings (SSSR count). The molecule has 170 valence electrons. The Labute approximate surface area is 184 Å². The molecule has 0 radical (unpaired) electrons. The Hall–Kier alpha value is -2.20. The van der Waals surface area contributed by atoms with Gasteiger partial charge in [0.05, 0.1) is 10.4 Å². The number of anilines is 1. The van der Waals surface area contributed by atoms with Crippen molar-refractivity contribution in [3.8, 4) is 0 Å². The van der Waals surface area contributed by atoms with Gasteiger partial charge in [0.1, 0.15) is 0 Å². The summed E-state index contributed by atoms with van der Waals surface area (Å²) in [5.74, 6) is -1.78. The van der Waals surface area contributed by atoms with E-state index in [4.69, 9.17) is 0 Å². The van der Waals surface area contributed by atoms with Crippen molar-refractivity contribution >= 4 is 35.2 Å². The molecule has 2 heterocycles. The van der Waals surface area contributed by atoms with Crippen molar-refractivity contribution in [3.05, 3.63) is 23.3 Å². The average Bonchev–Trinajstić information content (AvgIpc) is 2.70. The van der Waals surface area contributed by atoms with Crippen LogP contribution in [0.3, 0.4) is 0 Å². The molecule has 1 atom stereocenters. The van der Waals surface area contributed by atoms with Crippen LogP contribution in [-0.4, -0.2) is 61.1 Å². The molecule has 10 heteroatoms. The molecule has 31 heavy (non-hydrogen) atoms. The monoisotopic (exact) mass is 454 g/mol. The maximum absolute atomic E-state index is 13.0. The smallest absolute Gasteiger partial charge is 0.315 e. The number of hydrogen-bond donors (Lipinski definition) is 3. The van der Waals surface area contributed by atoms with E-state index in [1.165, 1.54) is 16.7 Å². The molecule has 2 aliphatic heterocycles. The lowest BCUT2D eigenvalue weighted by Gasteiger charge is -2.38. The highest BCUT2D eigenvalue weighted by atomic mass is 32.2. The number of carbonyl (C=O) groups is 3. The lowest BCUT2D eigenvalue weighted by molar-refractivity contribution is -0.131. The third-order valence-electron chi connectivity index (χ3n) is 5.43. The minimum absolute atomic E-state index is 0.0327. The van der Waals surface area contributed by atoms with E-state index >= 15 is 0 Å². The number of fused-ring (bicyclic) bond motifs is 1. The van der Waals surface area contributed by atoms with E-state index in [2.05, 4.69) is 16.0 Å². The van der Waals surface area contributed by atoms with Gasteiger partial charge in [-0.2, -0.15) is 8.78 Å². The largest absolute Gasteiger partial charge is 0.349 e. The number of alkyl halides is 2. The zero-order valence-corrected chi connectivity index (χ0v) is 18.7. The van der Waals surface area contributed by atoms with E-state index in [0.717, 1.165) is 29.8 Å². The van der Waals surface area contributed by atoms with Crippen molar-refractivity contribution in [2.24, 2.45) is 0 Å². The van der Waals surface area contributed by atoms with Crippen LogP contribution >= 0.6 is 11.8 Å². The van der Waals surface area contributed by atoms with E-state index in [1.54, 1.807) is 19.9 Å². The van der Waals surface area contributed by atoms with Gasteiger partial charge in [0.2, 0.25) is 5.91 Å². The number of nitrogens with one attached hydrogen (secondary N) is 3. The van der Waals surface area contributed by atoms with Crippen LogP contribution in [0.15, 0.2) is 17.0 Å². The van der Waals surface area contributed by atoms with Gasteiger partial charge in [-0.25, -0.2) is 0 Å². The lowest BCUT2D eigenvalue weighted by Crippen LogP contribution is -2.49. The number of nitrogens with zero attached hydrogens (tertiary/aromatic N) is 1. The van der Waals surface area contributed by atoms with Gasteiger partial charge in [-0.15, -0.1) is 11.8 Å². The molecule has 0 aliphatic carbocycles. The first-order valence-electron chi connectivity index (χ1n) is 10.3. The molecule has 1 aromatic carbocycles.